The van der Waals surface area contributed by atoms with Gasteiger partial charge in [-0.25, -0.2) is 9.07 Å². The molecule has 2 aromatic rings. The van der Waals surface area contributed by atoms with Crippen molar-refractivity contribution in [2.75, 3.05) is 0 Å². The average molecular weight is 263 g/mol. The molecule has 102 valence electrons. The Bertz CT molecular complexity index is 537. The van der Waals surface area contributed by atoms with Crippen LogP contribution in [0.25, 0.3) is 0 Å². The fraction of sp³-hybridized carbons (Fsp3) is 0.462. The maximum Gasteiger partial charge on any atom is 0.165 e. The van der Waals surface area contributed by atoms with E-state index in [4.69, 9.17) is 0 Å². The van der Waals surface area contributed by atoms with Crippen LogP contribution in [0.3, 0.4) is 0 Å². The molecule has 6 heteroatoms. The number of tetrazole rings is 1. The van der Waals surface area contributed by atoms with Crippen LogP contribution in [0.2, 0.25) is 0 Å². The molecule has 1 heterocycles. The summed E-state index contributed by atoms with van der Waals surface area (Å²) >= 11 is 0. The molecule has 0 saturated carbocycles. The Morgan fingerprint density at radius 1 is 1.32 bits per heavy atom. The highest BCUT2D eigenvalue weighted by molar-refractivity contribution is 5.20. The van der Waals surface area contributed by atoms with Crippen LogP contribution in [0.15, 0.2) is 24.3 Å². The lowest BCUT2D eigenvalue weighted by Gasteiger charge is -2.15. The Morgan fingerprint density at radius 2 is 2.11 bits per heavy atom. The van der Waals surface area contributed by atoms with E-state index in [1.54, 1.807) is 10.7 Å². The molecule has 5 nitrogen and oxygen atoms in total. The molecule has 0 fully saturated rings. The highest BCUT2D eigenvalue weighted by Gasteiger charge is 2.15. The van der Waals surface area contributed by atoms with E-state index < -0.39 is 0 Å². The number of rotatable bonds is 5. The maximum absolute atomic E-state index is 13.3. The van der Waals surface area contributed by atoms with Crippen molar-refractivity contribution in [2.24, 2.45) is 0 Å². The van der Waals surface area contributed by atoms with Gasteiger partial charge in [0.25, 0.3) is 0 Å². The lowest BCUT2D eigenvalue weighted by molar-refractivity contribution is 0.488. The number of benzene rings is 1. The monoisotopic (exact) mass is 263 g/mol. The molecule has 0 aliphatic carbocycles. The van der Waals surface area contributed by atoms with Gasteiger partial charge in [0.05, 0.1) is 12.6 Å². The van der Waals surface area contributed by atoms with E-state index in [9.17, 15) is 4.39 Å². The average Bonchev–Trinajstić information content (AvgIpc) is 2.83. The maximum atomic E-state index is 13.3. The summed E-state index contributed by atoms with van der Waals surface area (Å²) < 4.78 is 15.0. The molecule has 0 spiro atoms. The highest BCUT2D eigenvalue weighted by Crippen LogP contribution is 2.18. The van der Waals surface area contributed by atoms with Gasteiger partial charge in [0.15, 0.2) is 5.82 Å². The zero-order valence-electron chi connectivity index (χ0n) is 11.3. The topological polar surface area (TPSA) is 55.6 Å². The summed E-state index contributed by atoms with van der Waals surface area (Å²) in [5.74, 6) is 0.491. The van der Waals surface area contributed by atoms with Crippen LogP contribution in [-0.2, 0) is 6.54 Å². The van der Waals surface area contributed by atoms with Crippen LogP contribution in [0.1, 0.15) is 38.2 Å². The Balaban J connectivity index is 2.19. The van der Waals surface area contributed by atoms with Crippen molar-refractivity contribution >= 4 is 0 Å². The number of nitrogens with zero attached hydrogens (tertiary/aromatic N) is 4. The molecule has 1 N–H and O–H groups in total. The lowest BCUT2D eigenvalue weighted by atomic mass is 10.1. The Kier molecular flexibility index (Phi) is 4.21. The quantitative estimate of drug-likeness (QED) is 0.895. The molecule has 0 bridgehead atoms. The van der Waals surface area contributed by atoms with E-state index in [0.717, 1.165) is 11.4 Å². The molecule has 0 radical (unpaired) electrons. The number of halogens is 1. The van der Waals surface area contributed by atoms with Crippen molar-refractivity contribution in [3.05, 3.63) is 41.5 Å². The second kappa shape index (κ2) is 5.88. The molecular weight excluding hydrogens is 245 g/mol. The van der Waals surface area contributed by atoms with E-state index >= 15 is 0 Å². The van der Waals surface area contributed by atoms with Gasteiger partial charge in [-0.2, -0.15) is 0 Å². The molecule has 1 aromatic heterocycles. The zero-order valence-corrected chi connectivity index (χ0v) is 11.3. The molecule has 0 amide bonds. The van der Waals surface area contributed by atoms with E-state index in [0.29, 0.717) is 12.6 Å². The normalized spacial score (nSPS) is 12.9. The van der Waals surface area contributed by atoms with Gasteiger partial charge in [-0.15, -0.1) is 5.10 Å². The first-order valence-corrected chi connectivity index (χ1v) is 6.33. The number of nitrogens with one attached hydrogen (secondary N) is 1. The van der Waals surface area contributed by atoms with Crippen LogP contribution in [0.4, 0.5) is 4.39 Å². The van der Waals surface area contributed by atoms with Gasteiger partial charge < -0.3 is 5.32 Å². The first-order valence-electron chi connectivity index (χ1n) is 6.33. The molecular formula is C13H18FN5. The van der Waals surface area contributed by atoms with Crippen molar-refractivity contribution in [1.29, 1.82) is 0 Å². The summed E-state index contributed by atoms with van der Waals surface area (Å²) in [5, 5.41) is 15.0. The van der Waals surface area contributed by atoms with Crippen LogP contribution in [0, 0.1) is 5.82 Å². The molecule has 0 saturated heterocycles. The first-order chi connectivity index (χ1) is 9.08. The number of aromatic nitrogens is 4. The minimum Gasteiger partial charge on any atom is -0.308 e. The van der Waals surface area contributed by atoms with Crippen LogP contribution < -0.4 is 5.32 Å². The molecule has 1 unspecified atom stereocenters. The summed E-state index contributed by atoms with van der Waals surface area (Å²) in [6.07, 6.45) is 0. The molecule has 1 aromatic carbocycles. The lowest BCUT2D eigenvalue weighted by Crippen LogP contribution is -2.25. The SMILES string of the molecule is CC(C)NCc1nnnn1C(C)c1cccc(F)c1. The van der Waals surface area contributed by atoms with Gasteiger partial charge in [-0.05, 0) is 35.0 Å². The van der Waals surface area contributed by atoms with E-state index in [2.05, 4.69) is 34.7 Å². The van der Waals surface area contributed by atoms with E-state index in [-0.39, 0.29) is 11.9 Å². The summed E-state index contributed by atoms with van der Waals surface area (Å²) in [6.45, 7) is 6.66. The van der Waals surface area contributed by atoms with Gasteiger partial charge in [-0.1, -0.05) is 26.0 Å². The Morgan fingerprint density at radius 3 is 2.79 bits per heavy atom. The Labute approximate surface area is 111 Å². The molecule has 0 aliphatic rings. The van der Waals surface area contributed by atoms with Gasteiger partial charge in [0.2, 0.25) is 0 Å². The standard InChI is InChI=1S/C13H18FN5/c1-9(2)15-8-13-16-17-18-19(13)10(3)11-5-4-6-12(14)7-11/h4-7,9-10,15H,8H2,1-3H3. The van der Waals surface area contributed by atoms with Gasteiger partial charge >= 0.3 is 0 Å². The number of hydrogen-bond donors (Lipinski definition) is 1. The van der Waals surface area contributed by atoms with Crippen LogP contribution in [-0.4, -0.2) is 26.2 Å². The predicted molar refractivity (Wildman–Crippen MR) is 70.0 cm³/mol. The third-order valence-corrected chi connectivity index (χ3v) is 2.93. The van der Waals surface area contributed by atoms with Crippen molar-refractivity contribution in [1.82, 2.24) is 25.5 Å². The summed E-state index contributed by atoms with van der Waals surface area (Å²) in [5.41, 5.74) is 0.845. The summed E-state index contributed by atoms with van der Waals surface area (Å²) in [6, 6.07) is 6.75. The summed E-state index contributed by atoms with van der Waals surface area (Å²) in [4.78, 5) is 0. The molecule has 1 atom stereocenters. The van der Waals surface area contributed by atoms with Crippen LogP contribution >= 0.6 is 0 Å². The highest BCUT2D eigenvalue weighted by atomic mass is 19.1. The number of hydrogen-bond acceptors (Lipinski definition) is 4. The minimum atomic E-state index is -0.251. The zero-order chi connectivity index (χ0) is 13.8. The van der Waals surface area contributed by atoms with Crippen molar-refractivity contribution in [3.63, 3.8) is 0 Å². The van der Waals surface area contributed by atoms with Gasteiger partial charge in [-0.3, -0.25) is 0 Å². The largest absolute Gasteiger partial charge is 0.308 e. The van der Waals surface area contributed by atoms with Crippen LogP contribution in [0.5, 0.6) is 0 Å². The van der Waals surface area contributed by atoms with Gasteiger partial charge in [0.1, 0.15) is 5.82 Å². The molecule has 2 rings (SSSR count). The van der Waals surface area contributed by atoms with Crippen molar-refractivity contribution < 1.29 is 4.39 Å². The first kappa shape index (κ1) is 13.6. The fourth-order valence-electron chi connectivity index (χ4n) is 1.83. The second-order valence-electron chi connectivity index (χ2n) is 4.81. The smallest absolute Gasteiger partial charge is 0.165 e. The summed E-state index contributed by atoms with van der Waals surface area (Å²) in [7, 11) is 0. The van der Waals surface area contributed by atoms with E-state index in [1.807, 2.05) is 13.0 Å². The fourth-order valence-corrected chi connectivity index (χ4v) is 1.83. The van der Waals surface area contributed by atoms with E-state index in [1.165, 1.54) is 12.1 Å². The van der Waals surface area contributed by atoms with Crippen molar-refractivity contribution in [3.8, 4) is 0 Å². The predicted octanol–water partition coefficient (Wildman–Crippen LogP) is 1.92. The van der Waals surface area contributed by atoms with Gasteiger partial charge in [0, 0.05) is 6.04 Å². The third kappa shape index (κ3) is 3.35. The minimum absolute atomic E-state index is 0.102. The van der Waals surface area contributed by atoms with Crippen molar-refractivity contribution in [2.45, 2.75) is 39.4 Å². The molecule has 19 heavy (non-hydrogen) atoms. The third-order valence-electron chi connectivity index (χ3n) is 2.93. The second-order valence-corrected chi connectivity index (χ2v) is 4.81. The Hall–Kier alpha value is -1.82. The molecule has 0 aliphatic heterocycles.